The lowest BCUT2D eigenvalue weighted by Crippen LogP contribution is -2.18. The largest absolute Gasteiger partial charge is 0.316 e. The molecule has 8 heteroatoms. The van der Waals surface area contributed by atoms with Gasteiger partial charge >= 0.3 is 0 Å². The van der Waals surface area contributed by atoms with Crippen LogP contribution >= 0.6 is 15.9 Å². The van der Waals surface area contributed by atoms with E-state index in [0.29, 0.717) is 0 Å². The Morgan fingerprint density at radius 3 is 2.65 bits per heavy atom. The molecule has 0 saturated heterocycles. The SMILES string of the molecule is O=C(N/N=C\c1cccn1-c1ccc(Br)cc1)c1cccc([N+](=O)[O-])c1. The molecule has 0 spiro atoms. The number of nitro benzene ring substituents is 1. The third-order valence-corrected chi connectivity index (χ3v) is 4.10. The summed E-state index contributed by atoms with van der Waals surface area (Å²) in [5, 5.41) is 14.7. The molecule has 7 nitrogen and oxygen atoms in total. The molecule has 3 rings (SSSR count). The first-order valence-electron chi connectivity index (χ1n) is 7.56. The number of carbonyl (C=O) groups excluding carboxylic acids is 1. The van der Waals surface area contributed by atoms with Crippen molar-refractivity contribution in [2.45, 2.75) is 0 Å². The molecule has 0 radical (unpaired) electrons. The number of hydrazone groups is 1. The lowest BCUT2D eigenvalue weighted by molar-refractivity contribution is -0.384. The van der Waals surface area contributed by atoms with E-state index < -0.39 is 10.8 Å². The van der Waals surface area contributed by atoms with Crippen LogP contribution in [0.15, 0.2) is 76.4 Å². The highest BCUT2D eigenvalue weighted by atomic mass is 79.9. The second kappa shape index (κ2) is 7.75. The zero-order chi connectivity index (χ0) is 18.5. The van der Waals surface area contributed by atoms with Crippen molar-refractivity contribution in [2.75, 3.05) is 0 Å². The minimum absolute atomic E-state index is 0.147. The van der Waals surface area contributed by atoms with Crippen LogP contribution in [-0.4, -0.2) is 21.6 Å². The van der Waals surface area contributed by atoms with Crippen LogP contribution in [0.25, 0.3) is 5.69 Å². The summed E-state index contributed by atoms with van der Waals surface area (Å²) in [4.78, 5) is 22.3. The number of nitro groups is 1. The first-order valence-corrected chi connectivity index (χ1v) is 8.35. The summed E-state index contributed by atoms with van der Waals surface area (Å²) in [5.74, 6) is -0.522. The second-order valence-corrected chi connectivity index (χ2v) is 6.20. The molecule has 2 aromatic carbocycles. The summed E-state index contributed by atoms with van der Waals surface area (Å²) in [6, 6.07) is 16.9. The first kappa shape index (κ1) is 17.6. The van der Waals surface area contributed by atoms with E-state index in [0.717, 1.165) is 15.9 Å². The molecule has 0 fully saturated rings. The molecule has 0 bridgehead atoms. The van der Waals surface area contributed by atoms with Crippen LogP contribution in [0.3, 0.4) is 0 Å². The number of halogens is 1. The number of carbonyl (C=O) groups is 1. The fraction of sp³-hybridized carbons (Fsp3) is 0. The molecule has 1 amide bonds. The maximum absolute atomic E-state index is 12.1. The summed E-state index contributed by atoms with van der Waals surface area (Å²) >= 11 is 3.40. The first-order chi connectivity index (χ1) is 12.5. The van der Waals surface area contributed by atoms with Gasteiger partial charge in [-0.25, -0.2) is 5.43 Å². The molecule has 26 heavy (non-hydrogen) atoms. The number of non-ortho nitro benzene ring substituents is 1. The summed E-state index contributed by atoms with van der Waals surface area (Å²) < 4.78 is 2.89. The predicted molar refractivity (Wildman–Crippen MR) is 102 cm³/mol. The third kappa shape index (κ3) is 4.04. The molecule has 0 aliphatic rings. The van der Waals surface area contributed by atoms with Gasteiger partial charge in [0.15, 0.2) is 0 Å². The van der Waals surface area contributed by atoms with Gasteiger partial charge in [-0.2, -0.15) is 5.10 Å². The van der Waals surface area contributed by atoms with Gasteiger partial charge in [-0.1, -0.05) is 22.0 Å². The molecule has 0 aliphatic carbocycles. The molecule has 0 atom stereocenters. The van der Waals surface area contributed by atoms with Crippen molar-refractivity contribution in [3.05, 3.63) is 92.7 Å². The van der Waals surface area contributed by atoms with Gasteiger partial charge in [-0.3, -0.25) is 14.9 Å². The van der Waals surface area contributed by atoms with Crippen LogP contribution in [0.1, 0.15) is 16.1 Å². The Labute approximate surface area is 157 Å². The van der Waals surface area contributed by atoms with E-state index in [4.69, 9.17) is 0 Å². The summed E-state index contributed by atoms with van der Waals surface area (Å²) in [7, 11) is 0. The van der Waals surface area contributed by atoms with Gasteiger partial charge in [0, 0.05) is 34.1 Å². The number of amides is 1. The van der Waals surface area contributed by atoms with Crippen molar-refractivity contribution >= 4 is 33.7 Å². The highest BCUT2D eigenvalue weighted by molar-refractivity contribution is 9.10. The van der Waals surface area contributed by atoms with E-state index >= 15 is 0 Å². The van der Waals surface area contributed by atoms with Gasteiger partial charge in [0.05, 0.1) is 16.8 Å². The van der Waals surface area contributed by atoms with Gasteiger partial charge in [0.25, 0.3) is 11.6 Å². The van der Waals surface area contributed by atoms with Crippen LogP contribution < -0.4 is 5.43 Å². The zero-order valence-corrected chi connectivity index (χ0v) is 15.0. The number of rotatable bonds is 5. The molecule has 0 unspecified atom stereocenters. The number of hydrogen-bond donors (Lipinski definition) is 1. The maximum Gasteiger partial charge on any atom is 0.271 e. The Balaban J connectivity index is 1.73. The van der Waals surface area contributed by atoms with Crippen LogP contribution in [0.4, 0.5) is 5.69 Å². The molecule has 1 heterocycles. The minimum Gasteiger partial charge on any atom is -0.316 e. The van der Waals surface area contributed by atoms with E-state index in [-0.39, 0.29) is 11.3 Å². The van der Waals surface area contributed by atoms with Crippen molar-refractivity contribution in [2.24, 2.45) is 5.10 Å². The molecule has 1 aromatic heterocycles. The van der Waals surface area contributed by atoms with Gasteiger partial charge in [0.1, 0.15) is 0 Å². The Morgan fingerprint density at radius 1 is 1.15 bits per heavy atom. The summed E-state index contributed by atoms with van der Waals surface area (Å²) in [6.07, 6.45) is 3.39. The molecule has 0 aliphatic heterocycles. The number of nitrogens with one attached hydrogen (secondary N) is 1. The highest BCUT2D eigenvalue weighted by Gasteiger charge is 2.10. The quantitative estimate of drug-likeness (QED) is 0.391. The van der Waals surface area contributed by atoms with E-state index in [1.54, 1.807) is 0 Å². The Morgan fingerprint density at radius 2 is 1.92 bits per heavy atom. The average molecular weight is 413 g/mol. The molecule has 1 N–H and O–H groups in total. The molecule has 3 aromatic rings. The van der Waals surface area contributed by atoms with Crippen molar-refractivity contribution < 1.29 is 9.72 Å². The normalized spacial score (nSPS) is 10.8. The third-order valence-electron chi connectivity index (χ3n) is 3.57. The number of aromatic nitrogens is 1. The van der Waals surface area contributed by atoms with Gasteiger partial charge in [-0.05, 0) is 42.5 Å². The van der Waals surface area contributed by atoms with Crippen LogP contribution in [0.2, 0.25) is 0 Å². The van der Waals surface area contributed by atoms with E-state index in [2.05, 4.69) is 26.5 Å². The van der Waals surface area contributed by atoms with Crippen molar-refractivity contribution in [3.8, 4) is 5.69 Å². The number of benzene rings is 2. The fourth-order valence-corrected chi connectivity index (χ4v) is 2.58. The predicted octanol–water partition coefficient (Wildman–Crippen LogP) is 3.91. The Hall–Kier alpha value is -3.26. The van der Waals surface area contributed by atoms with Crippen molar-refractivity contribution in [1.29, 1.82) is 0 Å². The standard InChI is InChI=1S/C18H13BrN4O3/c19-14-6-8-15(9-7-14)22-10-2-5-17(22)12-20-21-18(24)13-3-1-4-16(11-13)23(25)26/h1-12H,(H,21,24)/b20-12-. The fourth-order valence-electron chi connectivity index (χ4n) is 2.32. The van der Waals surface area contributed by atoms with E-state index in [1.165, 1.54) is 30.5 Å². The van der Waals surface area contributed by atoms with E-state index in [1.807, 2.05) is 47.2 Å². The van der Waals surface area contributed by atoms with Crippen LogP contribution in [0, 0.1) is 10.1 Å². The van der Waals surface area contributed by atoms with Gasteiger partial charge < -0.3 is 4.57 Å². The monoisotopic (exact) mass is 412 g/mol. The second-order valence-electron chi connectivity index (χ2n) is 5.29. The minimum atomic E-state index is -0.550. The zero-order valence-electron chi connectivity index (χ0n) is 13.4. The molecular formula is C18H13BrN4O3. The number of nitrogens with zero attached hydrogens (tertiary/aromatic N) is 3. The van der Waals surface area contributed by atoms with Gasteiger partial charge in [-0.15, -0.1) is 0 Å². The Bertz CT molecular complexity index is 980. The summed E-state index contributed by atoms with van der Waals surface area (Å²) in [6.45, 7) is 0. The molecule has 130 valence electrons. The van der Waals surface area contributed by atoms with E-state index in [9.17, 15) is 14.9 Å². The van der Waals surface area contributed by atoms with Crippen molar-refractivity contribution in [1.82, 2.24) is 9.99 Å². The highest BCUT2D eigenvalue weighted by Crippen LogP contribution is 2.16. The molecule has 0 saturated carbocycles. The van der Waals surface area contributed by atoms with Crippen LogP contribution in [-0.2, 0) is 0 Å². The lowest BCUT2D eigenvalue weighted by Gasteiger charge is -2.06. The average Bonchev–Trinajstić information content (AvgIpc) is 3.11. The summed E-state index contributed by atoms with van der Waals surface area (Å²) in [5.41, 5.74) is 4.12. The van der Waals surface area contributed by atoms with Gasteiger partial charge in [0.2, 0.25) is 0 Å². The Kier molecular flexibility index (Phi) is 5.23. The van der Waals surface area contributed by atoms with Crippen molar-refractivity contribution in [3.63, 3.8) is 0 Å². The molecular weight excluding hydrogens is 400 g/mol. The maximum atomic E-state index is 12.1. The lowest BCUT2D eigenvalue weighted by atomic mass is 10.2. The topological polar surface area (TPSA) is 89.5 Å². The smallest absolute Gasteiger partial charge is 0.271 e. The van der Waals surface area contributed by atoms with Crippen LogP contribution in [0.5, 0.6) is 0 Å². The number of hydrogen-bond acceptors (Lipinski definition) is 4.